The van der Waals surface area contributed by atoms with E-state index in [1.54, 1.807) is 0 Å². The first-order chi connectivity index (χ1) is 8.61. The largest absolute Gasteiger partial charge is 0.310 e. The zero-order chi connectivity index (χ0) is 13.0. The molecule has 0 unspecified atom stereocenters. The van der Waals surface area contributed by atoms with E-state index in [0.717, 1.165) is 26.1 Å². The van der Waals surface area contributed by atoms with Gasteiger partial charge in [0.1, 0.15) is 0 Å². The van der Waals surface area contributed by atoms with Gasteiger partial charge < -0.3 is 5.32 Å². The maximum absolute atomic E-state index is 3.62. The van der Waals surface area contributed by atoms with Crippen molar-refractivity contribution in [1.29, 1.82) is 0 Å². The van der Waals surface area contributed by atoms with Crippen LogP contribution in [0.15, 0.2) is 24.3 Å². The Balaban J connectivity index is 2.07. The topological polar surface area (TPSA) is 15.3 Å². The molecule has 0 bridgehead atoms. The van der Waals surface area contributed by atoms with Crippen LogP contribution in [0, 0.1) is 0 Å². The second-order valence-corrected chi connectivity index (χ2v) is 6.00. The van der Waals surface area contributed by atoms with E-state index >= 15 is 0 Å². The van der Waals surface area contributed by atoms with E-state index in [1.807, 2.05) is 0 Å². The van der Waals surface area contributed by atoms with Gasteiger partial charge in [-0.2, -0.15) is 0 Å². The fourth-order valence-corrected chi connectivity index (χ4v) is 2.86. The van der Waals surface area contributed by atoms with Crippen molar-refractivity contribution in [2.24, 2.45) is 0 Å². The van der Waals surface area contributed by atoms with Crippen LogP contribution in [0.1, 0.15) is 38.3 Å². The van der Waals surface area contributed by atoms with E-state index in [4.69, 9.17) is 0 Å². The van der Waals surface area contributed by atoms with Crippen LogP contribution in [0.5, 0.6) is 0 Å². The monoisotopic (exact) mass is 246 g/mol. The van der Waals surface area contributed by atoms with E-state index in [0.29, 0.717) is 0 Å². The van der Waals surface area contributed by atoms with Gasteiger partial charge in [0.2, 0.25) is 0 Å². The molecule has 1 fully saturated rings. The molecular formula is C16H26N2. The number of rotatable bonds is 3. The molecule has 0 amide bonds. The first-order valence-corrected chi connectivity index (χ1v) is 7.15. The van der Waals surface area contributed by atoms with Gasteiger partial charge in [0.15, 0.2) is 0 Å². The van der Waals surface area contributed by atoms with Crippen LogP contribution in [0.3, 0.4) is 0 Å². The highest BCUT2D eigenvalue weighted by atomic mass is 15.2. The third-order valence-electron chi connectivity index (χ3n) is 3.77. The lowest BCUT2D eigenvalue weighted by Crippen LogP contribution is -2.46. The smallest absolute Gasteiger partial charge is 0.0252 e. The number of nitrogens with zero attached hydrogens (tertiary/aromatic N) is 1. The Bertz CT molecular complexity index is 384. The molecule has 0 radical (unpaired) electrons. The fraction of sp³-hybridized carbons (Fsp3) is 0.625. The summed E-state index contributed by atoms with van der Waals surface area (Å²) in [6.45, 7) is 11.4. The second kappa shape index (κ2) is 5.85. The Morgan fingerprint density at radius 1 is 1.22 bits per heavy atom. The van der Waals surface area contributed by atoms with Crippen LogP contribution < -0.4 is 5.32 Å². The third-order valence-corrected chi connectivity index (χ3v) is 3.77. The first-order valence-electron chi connectivity index (χ1n) is 7.15. The highest BCUT2D eigenvalue weighted by Crippen LogP contribution is 2.16. The minimum absolute atomic E-state index is 0.234. The summed E-state index contributed by atoms with van der Waals surface area (Å²) in [6, 6.07) is 8.85. The molecule has 0 saturated carbocycles. The summed E-state index contributed by atoms with van der Waals surface area (Å²) in [7, 11) is 0. The molecule has 1 aromatic rings. The number of hydrogen-bond acceptors (Lipinski definition) is 2. The van der Waals surface area contributed by atoms with Crippen molar-refractivity contribution in [2.45, 2.75) is 45.7 Å². The fourth-order valence-electron chi connectivity index (χ4n) is 2.86. The Morgan fingerprint density at radius 3 is 2.67 bits per heavy atom. The van der Waals surface area contributed by atoms with Crippen LogP contribution in [0.25, 0.3) is 0 Å². The second-order valence-electron chi connectivity index (χ2n) is 6.00. The van der Waals surface area contributed by atoms with E-state index in [1.165, 1.54) is 24.1 Å². The van der Waals surface area contributed by atoms with E-state index in [9.17, 15) is 0 Å². The lowest BCUT2D eigenvalue weighted by Gasteiger charge is -2.30. The number of nitrogens with one attached hydrogen (secondary N) is 1. The Labute approximate surface area is 111 Å². The molecule has 0 spiro atoms. The molecule has 2 heteroatoms. The summed E-state index contributed by atoms with van der Waals surface area (Å²) in [5.41, 5.74) is 3.22. The van der Waals surface area contributed by atoms with Gasteiger partial charge in [0.25, 0.3) is 0 Å². The van der Waals surface area contributed by atoms with Crippen LogP contribution in [-0.2, 0) is 13.0 Å². The molecule has 0 atom stereocenters. The standard InChI is InChI=1S/C16H26N2/c1-4-14-8-5-6-9-15(14)12-18-11-7-10-17-16(2,3)13-18/h5-6,8-9,17H,4,7,10-13H2,1-3H3. The minimum Gasteiger partial charge on any atom is -0.310 e. The van der Waals surface area contributed by atoms with Gasteiger partial charge in [-0.3, -0.25) is 4.90 Å². The third kappa shape index (κ3) is 3.56. The predicted molar refractivity (Wildman–Crippen MR) is 77.8 cm³/mol. The molecule has 1 N–H and O–H groups in total. The highest BCUT2D eigenvalue weighted by molar-refractivity contribution is 5.27. The summed E-state index contributed by atoms with van der Waals surface area (Å²) >= 11 is 0. The molecular weight excluding hydrogens is 220 g/mol. The first kappa shape index (κ1) is 13.6. The van der Waals surface area contributed by atoms with Crippen LogP contribution in [0.4, 0.5) is 0 Å². The highest BCUT2D eigenvalue weighted by Gasteiger charge is 2.24. The van der Waals surface area contributed by atoms with Gasteiger partial charge in [0.05, 0.1) is 0 Å². The number of aryl methyl sites for hydroxylation is 1. The molecule has 1 aromatic carbocycles. The molecule has 100 valence electrons. The summed E-state index contributed by atoms with van der Waals surface area (Å²) in [4.78, 5) is 2.59. The maximum Gasteiger partial charge on any atom is 0.0252 e. The normalized spacial score (nSPS) is 20.6. The number of hydrogen-bond donors (Lipinski definition) is 1. The molecule has 2 nitrogen and oxygen atoms in total. The van der Waals surface area contributed by atoms with Crippen molar-refractivity contribution < 1.29 is 0 Å². The zero-order valence-electron chi connectivity index (χ0n) is 12.0. The molecule has 18 heavy (non-hydrogen) atoms. The summed E-state index contributed by atoms with van der Waals surface area (Å²) in [6.07, 6.45) is 2.38. The quantitative estimate of drug-likeness (QED) is 0.882. The van der Waals surface area contributed by atoms with Crippen LogP contribution in [0.2, 0.25) is 0 Å². The Kier molecular flexibility index (Phi) is 4.41. The number of benzene rings is 1. The molecule has 1 heterocycles. The Hall–Kier alpha value is -0.860. The maximum atomic E-state index is 3.62. The van der Waals surface area contributed by atoms with Gasteiger partial charge in [-0.05, 0) is 50.9 Å². The van der Waals surface area contributed by atoms with Gasteiger partial charge in [-0.15, -0.1) is 0 Å². The van der Waals surface area contributed by atoms with Crippen molar-refractivity contribution in [3.05, 3.63) is 35.4 Å². The molecule has 0 aliphatic carbocycles. The molecule has 1 aliphatic heterocycles. The summed E-state index contributed by atoms with van der Waals surface area (Å²) < 4.78 is 0. The van der Waals surface area contributed by atoms with Crippen molar-refractivity contribution >= 4 is 0 Å². The van der Waals surface area contributed by atoms with E-state index < -0.39 is 0 Å². The van der Waals surface area contributed by atoms with Crippen LogP contribution in [-0.4, -0.2) is 30.1 Å². The lowest BCUT2D eigenvalue weighted by atomic mass is 10.0. The SMILES string of the molecule is CCc1ccccc1CN1CCCNC(C)(C)C1. The van der Waals surface area contributed by atoms with E-state index in [2.05, 4.69) is 55.3 Å². The average Bonchev–Trinajstić information content (AvgIpc) is 2.50. The van der Waals surface area contributed by atoms with Crippen molar-refractivity contribution in [2.75, 3.05) is 19.6 Å². The minimum atomic E-state index is 0.234. The lowest BCUT2D eigenvalue weighted by molar-refractivity contribution is 0.223. The zero-order valence-corrected chi connectivity index (χ0v) is 12.0. The molecule has 0 aromatic heterocycles. The average molecular weight is 246 g/mol. The van der Waals surface area contributed by atoms with Gasteiger partial charge >= 0.3 is 0 Å². The predicted octanol–water partition coefficient (Wildman–Crippen LogP) is 2.82. The molecule has 2 rings (SSSR count). The van der Waals surface area contributed by atoms with Gasteiger partial charge in [-0.25, -0.2) is 0 Å². The van der Waals surface area contributed by atoms with E-state index in [-0.39, 0.29) is 5.54 Å². The Morgan fingerprint density at radius 2 is 1.94 bits per heavy atom. The van der Waals surface area contributed by atoms with Gasteiger partial charge in [-0.1, -0.05) is 31.2 Å². The van der Waals surface area contributed by atoms with Gasteiger partial charge in [0, 0.05) is 18.6 Å². The summed E-state index contributed by atoms with van der Waals surface area (Å²) in [5.74, 6) is 0. The van der Waals surface area contributed by atoms with Crippen LogP contribution >= 0.6 is 0 Å². The van der Waals surface area contributed by atoms with Crippen molar-refractivity contribution in [3.63, 3.8) is 0 Å². The summed E-state index contributed by atoms with van der Waals surface area (Å²) in [5, 5.41) is 3.62. The molecule has 1 aliphatic rings. The molecule has 1 saturated heterocycles. The van der Waals surface area contributed by atoms with Crippen molar-refractivity contribution in [1.82, 2.24) is 10.2 Å². The van der Waals surface area contributed by atoms with Crippen molar-refractivity contribution in [3.8, 4) is 0 Å².